The summed E-state index contributed by atoms with van der Waals surface area (Å²) in [4.78, 5) is 10.5. The van der Waals surface area contributed by atoms with Crippen molar-refractivity contribution in [1.29, 1.82) is 0 Å². The van der Waals surface area contributed by atoms with Gasteiger partial charge in [0, 0.05) is 6.42 Å². The highest BCUT2D eigenvalue weighted by molar-refractivity contribution is 7.86. The van der Waals surface area contributed by atoms with E-state index >= 15 is 0 Å². The first-order valence-electron chi connectivity index (χ1n) is 2.81. The average Bonchev–Trinajstić information content (AvgIpc) is 1.79. The normalized spacial score (nSPS) is 10.2. The summed E-state index contributed by atoms with van der Waals surface area (Å²) >= 11 is 0. The summed E-state index contributed by atoms with van der Waals surface area (Å²) in [5, 5.41) is 0. The van der Waals surface area contributed by atoms with Crippen LogP contribution in [0.1, 0.15) is 12.8 Å². The number of carbonyl (C=O) groups excluding carboxylic acids is 1. The van der Waals surface area contributed by atoms with Crippen LogP contribution in [0.4, 0.5) is 0 Å². The molecule has 11 heavy (non-hydrogen) atoms. The number of hydrogen-bond acceptors (Lipinski definition) is 4. The Labute approximate surface area is 65.7 Å². The summed E-state index contributed by atoms with van der Waals surface area (Å²) in [6.45, 7) is 0. The minimum atomic E-state index is -3.67. The van der Waals surface area contributed by atoms with Gasteiger partial charge in [0.2, 0.25) is 0 Å². The van der Waals surface area contributed by atoms with Gasteiger partial charge in [-0.1, -0.05) is 0 Å². The van der Waals surface area contributed by atoms with Gasteiger partial charge in [0.15, 0.2) is 0 Å². The first-order chi connectivity index (χ1) is 4.95. The third-order valence-corrected chi connectivity index (χ3v) is 1.21. The molecule has 0 bridgehead atoms. The Morgan fingerprint density at radius 1 is 1.64 bits per heavy atom. The van der Waals surface area contributed by atoms with Gasteiger partial charge in [-0.2, -0.15) is 8.42 Å². The standard InChI is InChI=1S/C6H8O4S/c1-3-4-5-6(7)10-11(2,8)9/h1H,4-5H2,2H3. The van der Waals surface area contributed by atoms with Crippen LogP contribution in [0.5, 0.6) is 0 Å². The lowest BCUT2D eigenvalue weighted by Crippen LogP contribution is -2.10. The van der Waals surface area contributed by atoms with Gasteiger partial charge >= 0.3 is 16.1 Å². The molecule has 0 unspecified atom stereocenters. The zero-order valence-corrected chi connectivity index (χ0v) is 6.85. The molecule has 0 aromatic rings. The van der Waals surface area contributed by atoms with Crippen molar-refractivity contribution in [3.63, 3.8) is 0 Å². The van der Waals surface area contributed by atoms with Crippen LogP contribution in [0, 0.1) is 12.3 Å². The summed E-state index contributed by atoms with van der Waals surface area (Å²) in [7, 11) is -3.67. The monoisotopic (exact) mass is 176 g/mol. The Morgan fingerprint density at radius 3 is 2.55 bits per heavy atom. The molecule has 0 aliphatic heterocycles. The van der Waals surface area contributed by atoms with Crippen LogP contribution in [0.25, 0.3) is 0 Å². The predicted molar refractivity (Wildman–Crippen MR) is 39.0 cm³/mol. The molecule has 0 amide bonds. The second kappa shape index (κ2) is 3.98. The molecule has 0 aromatic carbocycles. The Kier molecular flexibility index (Phi) is 3.61. The van der Waals surface area contributed by atoms with E-state index in [-0.39, 0.29) is 12.8 Å². The minimum Gasteiger partial charge on any atom is -0.346 e. The Bertz CT molecular complexity index is 269. The Hall–Kier alpha value is -1.02. The second-order valence-electron chi connectivity index (χ2n) is 1.86. The molecular formula is C6H8O4S. The molecule has 0 aliphatic carbocycles. The smallest absolute Gasteiger partial charge is 0.323 e. The first kappa shape index (κ1) is 9.98. The van der Waals surface area contributed by atoms with Gasteiger partial charge in [-0.25, -0.2) is 0 Å². The van der Waals surface area contributed by atoms with Crippen molar-refractivity contribution in [2.75, 3.05) is 6.26 Å². The second-order valence-corrected chi connectivity index (χ2v) is 3.44. The van der Waals surface area contributed by atoms with Crippen molar-refractivity contribution >= 4 is 16.1 Å². The minimum absolute atomic E-state index is 0.0659. The van der Waals surface area contributed by atoms with Gasteiger partial charge in [0.1, 0.15) is 0 Å². The van der Waals surface area contributed by atoms with Crippen LogP contribution in [0.15, 0.2) is 0 Å². The SMILES string of the molecule is C#CCCC(=O)OS(C)(=O)=O. The van der Waals surface area contributed by atoms with Gasteiger partial charge in [-0.15, -0.1) is 12.3 Å². The Balaban J connectivity index is 3.83. The third kappa shape index (κ3) is 6.87. The van der Waals surface area contributed by atoms with Gasteiger partial charge < -0.3 is 4.18 Å². The summed E-state index contributed by atoms with van der Waals surface area (Å²) in [5.41, 5.74) is 0. The van der Waals surface area contributed by atoms with E-state index in [9.17, 15) is 13.2 Å². The van der Waals surface area contributed by atoms with Crippen LogP contribution in [-0.4, -0.2) is 20.6 Å². The maximum Gasteiger partial charge on any atom is 0.323 e. The molecule has 0 atom stereocenters. The zero-order valence-electron chi connectivity index (χ0n) is 6.03. The molecule has 0 saturated carbocycles. The maximum atomic E-state index is 10.5. The summed E-state index contributed by atoms with van der Waals surface area (Å²) in [5.74, 6) is 1.37. The zero-order chi connectivity index (χ0) is 8.91. The van der Waals surface area contributed by atoms with E-state index in [4.69, 9.17) is 6.42 Å². The molecule has 62 valence electrons. The topological polar surface area (TPSA) is 60.4 Å². The van der Waals surface area contributed by atoms with E-state index in [1.165, 1.54) is 0 Å². The lowest BCUT2D eigenvalue weighted by atomic mass is 10.3. The Morgan fingerprint density at radius 2 is 2.18 bits per heavy atom. The predicted octanol–water partition coefficient (Wildman–Crippen LogP) is -0.0974. The number of hydrogen-bond donors (Lipinski definition) is 0. The molecule has 0 radical (unpaired) electrons. The van der Waals surface area contributed by atoms with Gasteiger partial charge in [-0.3, -0.25) is 4.79 Å². The van der Waals surface area contributed by atoms with Gasteiger partial charge in [0.05, 0.1) is 12.7 Å². The molecule has 0 N–H and O–H groups in total. The maximum absolute atomic E-state index is 10.5. The van der Waals surface area contributed by atoms with Crippen LogP contribution in [0.2, 0.25) is 0 Å². The molecule has 0 saturated heterocycles. The van der Waals surface area contributed by atoms with Crippen molar-refractivity contribution in [3.05, 3.63) is 0 Å². The molecule has 4 nitrogen and oxygen atoms in total. The van der Waals surface area contributed by atoms with E-state index < -0.39 is 16.1 Å². The fourth-order valence-electron chi connectivity index (χ4n) is 0.385. The number of carbonyl (C=O) groups is 1. The van der Waals surface area contributed by atoms with Crippen LogP contribution < -0.4 is 0 Å². The fourth-order valence-corrected chi connectivity index (χ4v) is 0.806. The van der Waals surface area contributed by atoms with Gasteiger partial charge in [-0.05, 0) is 0 Å². The molecule has 5 heteroatoms. The average molecular weight is 176 g/mol. The van der Waals surface area contributed by atoms with Crippen molar-refractivity contribution in [2.45, 2.75) is 12.8 Å². The molecule has 0 aliphatic rings. The van der Waals surface area contributed by atoms with Crippen molar-refractivity contribution in [2.24, 2.45) is 0 Å². The fraction of sp³-hybridized carbons (Fsp3) is 0.500. The summed E-state index contributed by atoms with van der Waals surface area (Å²) in [6, 6.07) is 0. The highest BCUT2D eigenvalue weighted by atomic mass is 32.2. The molecule has 0 heterocycles. The largest absolute Gasteiger partial charge is 0.346 e. The van der Waals surface area contributed by atoms with Crippen LogP contribution >= 0.6 is 0 Å². The molecule has 0 fully saturated rings. The molecule has 0 aromatic heterocycles. The van der Waals surface area contributed by atoms with E-state index in [0.717, 1.165) is 6.26 Å². The summed E-state index contributed by atoms with van der Waals surface area (Å²) in [6.07, 6.45) is 5.76. The van der Waals surface area contributed by atoms with E-state index in [0.29, 0.717) is 0 Å². The van der Waals surface area contributed by atoms with E-state index in [2.05, 4.69) is 10.1 Å². The van der Waals surface area contributed by atoms with Gasteiger partial charge in [0.25, 0.3) is 0 Å². The van der Waals surface area contributed by atoms with E-state index in [1.54, 1.807) is 0 Å². The lowest BCUT2D eigenvalue weighted by Gasteiger charge is -1.97. The molecule has 0 rings (SSSR count). The number of terminal acetylenes is 1. The van der Waals surface area contributed by atoms with Crippen molar-refractivity contribution in [3.8, 4) is 12.3 Å². The quantitative estimate of drug-likeness (QED) is 0.445. The molecule has 0 spiro atoms. The first-order valence-corrected chi connectivity index (χ1v) is 4.63. The number of rotatable bonds is 3. The van der Waals surface area contributed by atoms with Crippen molar-refractivity contribution < 1.29 is 17.4 Å². The van der Waals surface area contributed by atoms with E-state index in [1.807, 2.05) is 0 Å². The molecular weight excluding hydrogens is 168 g/mol. The third-order valence-electron chi connectivity index (χ3n) is 0.718. The highest BCUT2D eigenvalue weighted by Crippen LogP contribution is 1.94. The van der Waals surface area contributed by atoms with Crippen LogP contribution in [0.3, 0.4) is 0 Å². The summed E-state index contributed by atoms with van der Waals surface area (Å²) < 4.78 is 24.6. The van der Waals surface area contributed by atoms with Crippen LogP contribution in [-0.2, 0) is 19.1 Å². The lowest BCUT2D eigenvalue weighted by molar-refractivity contribution is -0.133. The van der Waals surface area contributed by atoms with Crippen molar-refractivity contribution in [1.82, 2.24) is 0 Å². The highest BCUT2D eigenvalue weighted by Gasteiger charge is 2.08.